The lowest BCUT2D eigenvalue weighted by atomic mass is 9.97. The van der Waals surface area contributed by atoms with Crippen LogP contribution < -0.4 is 0 Å². The zero-order valence-corrected chi connectivity index (χ0v) is 10.4. The molecule has 0 bridgehead atoms. The predicted octanol–water partition coefficient (Wildman–Crippen LogP) is 2.04. The summed E-state index contributed by atoms with van der Waals surface area (Å²) in [6.45, 7) is 0.202. The van der Waals surface area contributed by atoms with Crippen LogP contribution in [0.3, 0.4) is 0 Å². The van der Waals surface area contributed by atoms with Crippen LogP contribution in [0.5, 0.6) is 0 Å². The Morgan fingerprint density at radius 1 is 1.20 bits per heavy atom. The summed E-state index contributed by atoms with van der Waals surface area (Å²) in [5.41, 5.74) is -0.588. The zero-order chi connectivity index (χ0) is 14.9. The number of carbonyl (C=O) groups is 2. The van der Waals surface area contributed by atoms with Crippen LogP contribution in [0.25, 0.3) is 0 Å². The Balaban J connectivity index is 2.23. The van der Waals surface area contributed by atoms with E-state index >= 15 is 0 Å². The number of carbonyl (C=O) groups excluding carboxylic acids is 1. The molecule has 0 radical (unpaired) electrons. The van der Waals surface area contributed by atoms with Gasteiger partial charge in [-0.05, 0) is 25.0 Å². The van der Waals surface area contributed by atoms with Crippen molar-refractivity contribution in [3.63, 3.8) is 0 Å². The maximum Gasteiger partial charge on any atom is 0.308 e. The number of rotatable bonds is 2. The molecule has 108 valence electrons. The molecular weight excluding hydrogens is 275 g/mol. The Hall–Kier alpha value is -2.05. The molecule has 1 aliphatic rings. The minimum atomic E-state index is -1.71. The molecule has 2 rings (SSSR count). The fourth-order valence-electron chi connectivity index (χ4n) is 2.22. The number of aliphatic carboxylic acids is 1. The summed E-state index contributed by atoms with van der Waals surface area (Å²) in [5, 5.41) is 8.92. The lowest BCUT2D eigenvalue weighted by molar-refractivity contribution is -0.143. The standard InChI is InChI=1S/C13H12F3NO3/c14-9-4-3-8(10(15)11(9)16)12(18)17-5-1-2-7(6-17)13(19)20/h3-4,7H,1-2,5-6H2,(H,19,20)/t7-/m1/s1. The number of carboxylic acid groups (broad SMARTS) is 1. The minimum absolute atomic E-state index is 0.0629. The monoisotopic (exact) mass is 287 g/mol. The van der Waals surface area contributed by atoms with Crippen LogP contribution in [0.15, 0.2) is 12.1 Å². The van der Waals surface area contributed by atoms with Crippen LogP contribution in [0, 0.1) is 23.4 Å². The predicted molar refractivity (Wildman–Crippen MR) is 62.6 cm³/mol. The SMILES string of the molecule is O=C(O)[C@@H]1CCCN(C(=O)c2ccc(F)c(F)c2F)C1. The molecule has 7 heteroatoms. The Kier molecular flexibility index (Phi) is 3.96. The summed E-state index contributed by atoms with van der Waals surface area (Å²) in [4.78, 5) is 24.1. The third kappa shape index (κ3) is 2.61. The van der Waals surface area contributed by atoms with Gasteiger partial charge in [-0.1, -0.05) is 0 Å². The molecule has 1 fully saturated rings. The second-order valence-electron chi connectivity index (χ2n) is 4.65. The second kappa shape index (κ2) is 5.52. The van der Waals surface area contributed by atoms with E-state index in [1.165, 1.54) is 0 Å². The first-order chi connectivity index (χ1) is 9.41. The van der Waals surface area contributed by atoms with Crippen LogP contribution >= 0.6 is 0 Å². The summed E-state index contributed by atoms with van der Waals surface area (Å²) in [6, 6.07) is 1.53. The molecular formula is C13H12F3NO3. The van der Waals surface area contributed by atoms with Crippen LogP contribution in [-0.4, -0.2) is 35.0 Å². The van der Waals surface area contributed by atoms with Gasteiger partial charge in [0.25, 0.3) is 5.91 Å². The number of carboxylic acids is 1. The van der Waals surface area contributed by atoms with Gasteiger partial charge in [-0.15, -0.1) is 0 Å². The molecule has 0 aliphatic carbocycles. The Labute approximate surface area is 112 Å². The Morgan fingerprint density at radius 3 is 2.55 bits per heavy atom. The summed E-state index contributed by atoms with van der Waals surface area (Å²) in [7, 11) is 0. The molecule has 1 N–H and O–H groups in total. The van der Waals surface area contributed by atoms with Gasteiger partial charge < -0.3 is 10.0 Å². The minimum Gasteiger partial charge on any atom is -0.481 e. The third-order valence-corrected chi connectivity index (χ3v) is 3.32. The number of benzene rings is 1. The van der Waals surface area contributed by atoms with Crippen LogP contribution in [-0.2, 0) is 4.79 Å². The molecule has 1 atom stereocenters. The fourth-order valence-corrected chi connectivity index (χ4v) is 2.22. The number of amides is 1. The highest BCUT2D eigenvalue weighted by molar-refractivity contribution is 5.94. The molecule has 1 heterocycles. The summed E-state index contributed by atoms with van der Waals surface area (Å²) in [6.07, 6.45) is 0.896. The highest BCUT2D eigenvalue weighted by atomic mass is 19.2. The number of nitrogens with zero attached hydrogens (tertiary/aromatic N) is 1. The number of hydrogen-bond acceptors (Lipinski definition) is 2. The molecule has 1 aliphatic heterocycles. The quantitative estimate of drug-likeness (QED) is 0.847. The van der Waals surface area contributed by atoms with Gasteiger partial charge in [-0.25, -0.2) is 13.2 Å². The number of likely N-dealkylation sites (tertiary alicyclic amines) is 1. The van der Waals surface area contributed by atoms with Crippen molar-refractivity contribution in [2.45, 2.75) is 12.8 Å². The van der Waals surface area contributed by atoms with Crippen molar-refractivity contribution in [3.8, 4) is 0 Å². The normalized spacial score (nSPS) is 18.9. The molecule has 0 unspecified atom stereocenters. The van der Waals surface area contributed by atoms with Gasteiger partial charge in [0, 0.05) is 13.1 Å². The van der Waals surface area contributed by atoms with Crippen molar-refractivity contribution < 1.29 is 27.9 Å². The topological polar surface area (TPSA) is 57.6 Å². The summed E-state index contributed by atoms with van der Waals surface area (Å²) < 4.78 is 39.5. The molecule has 1 saturated heterocycles. The van der Waals surface area contributed by atoms with E-state index < -0.39 is 40.8 Å². The van der Waals surface area contributed by atoms with E-state index in [0.29, 0.717) is 18.9 Å². The van der Waals surface area contributed by atoms with Gasteiger partial charge in [-0.3, -0.25) is 9.59 Å². The highest BCUT2D eigenvalue weighted by Gasteiger charge is 2.30. The second-order valence-corrected chi connectivity index (χ2v) is 4.65. The molecule has 4 nitrogen and oxygen atoms in total. The van der Waals surface area contributed by atoms with E-state index in [4.69, 9.17) is 5.11 Å². The molecule has 0 spiro atoms. The van der Waals surface area contributed by atoms with E-state index in [9.17, 15) is 22.8 Å². The number of piperidine rings is 1. The molecule has 1 aromatic carbocycles. The van der Waals surface area contributed by atoms with Crippen molar-refractivity contribution in [2.24, 2.45) is 5.92 Å². The van der Waals surface area contributed by atoms with Crippen molar-refractivity contribution in [3.05, 3.63) is 35.1 Å². The third-order valence-electron chi connectivity index (χ3n) is 3.32. The van der Waals surface area contributed by atoms with E-state index in [2.05, 4.69) is 0 Å². The zero-order valence-electron chi connectivity index (χ0n) is 10.4. The average molecular weight is 287 g/mol. The van der Waals surface area contributed by atoms with E-state index in [0.717, 1.165) is 11.0 Å². The lowest BCUT2D eigenvalue weighted by Gasteiger charge is -2.30. The summed E-state index contributed by atoms with van der Waals surface area (Å²) in [5.74, 6) is -7.21. The van der Waals surface area contributed by atoms with Gasteiger partial charge in [0.2, 0.25) is 0 Å². The summed E-state index contributed by atoms with van der Waals surface area (Å²) >= 11 is 0. The molecule has 1 aromatic rings. The molecule has 0 saturated carbocycles. The first kappa shape index (κ1) is 14.4. The van der Waals surface area contributed by atoms with Gasteiger partial charge in [0.05, 0.1) is 11.5 Å². The molecule has 20 heavy (non-hydrogen) atoms. The highest BCUT2D eigenvalue weighted by Crippen LogP contribution is 2.21. The van der Waals surface area contributed by atoms with Crippen molar-refractivity contribution in [2.75, 3.05) is 13.1 Å². The van der Waals surface area contributed by atoms with Gasteiger partial charge in [0.15, 0.2) is 17.5 Å². The van der Waals surface area contributed by atoms with Crippen molar-refractivity contribution >= 4 is 11.9 Å². The maximum atomic E-state index is 13.5. The van der Waals surface area contributed by atoms with Crippen molar-refractivity contribution in [1.29, 1.82) is 0 Å². The van der Waals surface area contributed by atoms with Crippen LogP contribution in [0.1, 0.15) is 23.2 Å². The van der Waals surface area contributed by atoms with E-state index in [-0.39, 0.29) is 13.1 Å². The Bertz CT molecular complexity index is 562. The van der Waals surface area contributed by atoms with Crippen LogP contribution in [0.4, 0.5) is 13.2 Å². The average Bonchev–Trinajstić information content (AvgIpc) is 2.44. The maximum absolute atomic E-state index is 13.5. The molecule has 0 aromatic heterocycles. The smallest absolute Gasteiger partial charge is 0.308 e. The van der Waals surface area contributed by atoms with Crippen molar-refractivity contribution in [1.82, 2.24) is 4.90 Å². The van der Waals surface area contributed by atoms with E-state index in [1.54, 1.807) is 0 Å². The van der Waals surface area contributed by atoms with Gasteiger partial charge in [0.1, 0.15) is 0 Å². The Morgan fingerprint density at radius 2 is 1.90 bits per heavy atom. The number of hydrogen-bond donors (Lipinski definition) is 1. The van der Waals surface area contributed by atoms with Crippen LogP contribution in [0.2, 0.25) is 0 Å². The van der Waals surface area contributed by atoms with Gasteiger partial charge in [-0.2, -0.15) is 0 Å². The van der Waals surface area contributed by atoms with E-state index in [1.807, 2.05) is 0 Å². The van der Waals surface area contributed by atoms with Gasteiger partial charge >= 0.3 is 5.97 Å². The lowest BCUT2D eigenvalue weighted by Crippen LogP contribution is -2.42. The molecule has 1 amide bonds. The first-order valence-electron chi connectivity index (χ1n) is 6.07. The first-order valence-corrected chi connectivity index (χ1v) is 6.07. The largest absolute Gasteiger partial charge is 0.481 e. The number of halogens is 3. The fraction of sp³-hybridized carbons (Fsp3) is 0.385.